The highest BCUT2D eigenvalue weighted by Gasteiger charge is 2.28. The van der Waals surface area contributed by atoms with E-state index in [1.54, 1.807) is 11.8 Å². The van der Waals surface area contributed by atoms with Crippen molar-refractivity contribution in [3.05, 3.63) is 60.2 Å². The van der Waals surface area contributed by atoms with Crippen molar-refractivity contribution in [2.75, 3.05) is 40.9 Å². The van der Waals surface area contributed by atoms with E-state index in [2.05, 4.69) is 69.7 Å². The third kappa shape index (κ3) is 6.57. The fraction of sp³-hybridized carbons (Fsp3) is 0.400. The van der Waals surface area contributed by atoms with Crippen LogP contribution in [0, 0.1) is 0 Å². The molecule has 136 valence electrons. The Hall–Kier alpha value is -0.600. The van der Waals surface area contributed by atoms with E-state index in [-0.39, 0.29) is 36.2 Å². The topological polar surface area (TPSA) is 18.5 Å². The highest BCUT2D eigenvalue weighted by atomic mass is 127. The molecule has 0 aromatic heterocycles. The Bertz CT molecular complexity index is 643. The molecule has 0 bridgehead atoms. The molecule has 2 aromatic carbocycles. The van der Waals surface area contributed by atoms with Crippen LogP contribution in [-0.4, -0.2) is 51.5 Å². The summed E-state index contributed by atoms with van der Waals surface area (Å²) in [6.45, 7) is 2.28. The summed E-state index contributed by atoms with van der Waals surface area (Å²) in [6, 6.07) is 19.1. The number of hydrogen-bond acceptors (Lipinski definition) is 3. The van der Waals surface area contributed by atoms with E-state index in [1.807, 2.05) is 6.07 Å². The molecule has 3 rings (SSSR count). The lowest BCUT2D eigenvalue weighted by atomic mass is 10.1. The third-order valence-corrected chi connectivity index (χ3v) is 4.93. The number of likely N-dealkylation sites (N-methyl/N-ethyl adjacent to an activating group) is 1. The smallest absolute Gasteiger partial charge is 0.130 e. The van der Waals surface area contributed by atoms with Crippen molar-refractivity contribution >= 4 is 11.8 Å². The van der Waals surface area contributed by atoms with Gasteiger partial charge in [-0.05, 0) is 29.8 Å². The molecule has 1 heterocycles. The molecule has 1 fully saturated rings. The van der Waals surface area contributed by atoms with E-state index in [9.17, 15) is 0 Å². The summed E-state index contributed by atoms with van der Waals surface area (Å²) in [5.74, 6) is 0. The van der Waals surface area contributed by atoms with E-state index in [0.29, 0.717) is 13.2 Å². The van der Waals surface area contributed by atoms with Gasteiger partial charge in [-0.3, -0.25) is 0 Å². The van der Waals surface area contributed by atoms with Gasteiger partial charge in [-0.2, -0.15) is 0 Å². The summed E-state index contributed by atoms with van der Waals surface area (Å²) in [6.07, 6.45) is 0.188. The van der Waals surface area contributed by atoms with Crippen molar-refractivity contribution in [1.82, 2.24) is 0 Å². The fourth-order valence-electron chi connectivity index (χ4n) is 2.87. The van der Waals surface area contributed by atoms with Gasteiger partial charge in [0.05, 0.1) is 34.4 Å². The molecule has 5 heteroatoms. The lowest BCUT2D eigenvalue weighted by molar-refractivity contribution is -0.874. The number of halogens is 1. The summed E-state index contributed by atoms with van der Waals surface area (Å²) in [7, 11) is 6.55. The number of quaternary nitrogens is 1. The monoisotopic (exact) mass is 471 g/mol. The van der Waals surface area contributed by atoms with Gasteiger partial charge < -0.3 is 37.9 Å². The average molecular weight is 471 g/mol. The Labute approximate surface area is 172 Å². The van der Waals surface area contributed by atoms with E-state index in [0.717, 1.165) is 11.0 Å². The number of nitrogens with zero attached hydrogens (tertiary/aromatic N) is 1. The minimum absolute atomic E-state index is 0. The number of ether oxygens (including phenoxy) is 2. The molecule has 0 amide bonds. The van der Waals surface area contributed by atoms with Crippen LogP contribution in [0.1, 0.15) is 11.7 Å². The van der Waals surface area contributed by atoms with Gasteiger partial charge >= 0.3 is 0 Å². The van der Waals surface area contributed by atoms with Gasteiger partial charge in [0.1, 0.15) is 18.8 Å². The van der Waals surface area contributed by atoms with E-state index in [4.69, 9.17) is 9.47 Å². The first-order valence-corrected chi connectivity index (χ1v) is 9.18. The first kappa shape index (κ1) is 20.7. The number of hydrogen-bond donors (Lipinski definition) is 0. The second kappa shape index (κ2) is 9.37. The molecule has 0 N–H and O–H groups in total. The molecule has 3 nitrogen and oxygen atoms in total. The van der Waals surface area contributed by atoms with Crippen molar-refractivity contribution < 1.29 is 37.9 Å². The Kier molecular flexibility index (Phi) is 7.76. The maximum absolute atomic E-state index is 6.26. The van der Waals surface area contributed by atoms with Crippen LogP contribution in [0.3, 0.4) is 0 Å². The molecular formula is C20H26INO2S. The van der Waals surface area contributed by atoms with Crippen molar-refractivity contribution in [2.45, 2.75) is 22.0 Å². The standard InChI is InChI=1S/C20H26NO2S.HI/c1-21(2,3)13-17-14-22-15-20(23-17)16-9-11-19(12-10-16)24-18-7-5-4-6-8-18;/h4-12,17,20H,13-15H2,1-3H3;1H/q+1;/p-1/t17-,20+;/m1./s1. The molecule has 0 aliphatic carbocycles. The zero-order valence-corrected chi connectivity index (χ0v) is 18.0. The van der Waals surface area contributed by atoms with Gasteiger partial charge in [-0.25, -0.2) is 0 Å². The van der Waals surface area contributed by atoms with Crippen LogP contribution in [0.5, 0.6) is 0 Å². The molecule has 2 atom stereocenters. The molecule has 0 saturated carbocycles. The minimum atomic E-state index is 0. The molecule has 1 saturated heterocycles. The quantitative estimate of drug-likeness (QED) is 0.479. The van der Waals surface area contributed by atoms with Gasteiger partial charge in [0.25, 0.3) is 0 Å². The first-order chi connectivity index (χ1) is 11.5. The lowest BCUT2D eigenvalue weighted by Crippen LogP contribution is -3.00. The molecule has 1 aliphatic heterocycles. The summed E-state index contributed by atoms with van der Waals surface area (Å²) in [4.78, 5) is 2.50. The first-order valence-electron chi connectivity index (χ1n) is 8.36. The molecule has 2 aromatic rings. The van der Waals surface area contributed by atoms with Gasteiger partial charge in [0.15, 0.2) is 0 Å². The minimum Gasteiger partial charge on any atom is -1.00 e. The molecule has 0 unspecified atom stereocenters. The van der Waals surface area contributed by atoms with Gasteiger partial charge in [-0.15, -0.1) is 0 Å². The normalized spacial score (nSPS) is 20.8. The van der Waals surface area contributed by atoms with Crippen LogP contribution < -0.4 is 24.0 Å². The zero-order chi connectivity index (χ0) is 17.0. The van der Waals surface area contributed by atoms with Crippen molar-refractivity contribution in [2.24, 2.45) is 0 Å². The Morgan fingerprint density at radius 2 is 1.56 bits per heavy atom. The maximum Gasteiger partial charge on any atom is 0.130 e. The molecule has 0 radical (unpaired) electrons. The third-order valence-electron chi connectivity index (χ3n) is 3.91. The zero-order valence-electron chi connectivity index (χ0n) is 15.0. The average Bonchev–Trinajstić information content (AvgIpc) is 2.55. The number of rotatable bonds is 5. The molecule has 0 spiro atoms. The van der Waals surface area contributed by atoms with Crippen LogP contribution in [-0.2, 0) is 9.47 Å². The maximum atomic E-state index is 6.26. The SMILES string of the molecule is C[N+](C)(C)C[C@@H]1COC[C@@H](c2ccc(Sc3ccccc3)cc2)O1.[I-]. The van der Waals surface area contributed by atoms with Gasteiger partial charge in [0.2, 0.25) is 0 Å². The van der Waals surface area contributed by atoms with Crippen LogP contribution in [0.15, 0.2) is 64.4 Å². The summed E-state index contributed by atoms with van der Waals surface area (Å²) in [5, 5.41) is 0. The van der Waals surface area contributed by atoms with E-state index >= 15 is 0 Å². The van der Waals surface area contributed by atoms with Crippen molar-refractivity contribution in [3.8, 4) is 0 Å². The van der Waals surface area contributed by atoms with Crippen LogP contribution in [0.2, 0.25) is 0 Å². The van der Waals surface area contributed by atoms with E-state index < -0.39 is 0 Å². The lowest BCUT2D eigenvalue weighted by Gasteiger charge is -2.34. The van der Waals surface area contributed by atoms with E-state index in [1.165, 1.54) is 15.4 Å². The van der Waals surface area contributed by atoms with Gasteiger partial charge in [0, 0.05) is 9.79 Å². The van der Waals surface area contributed by atoms with Crippen LogP contribution in [0.4, 0.5) is 0 Å². The predicted molar refractivity (Wildman–Crippen MR) is 98.3 cm³/mol. The second-order valence-corrected chi connectivity index (χ2v) is 8.39. The fourth-order valence-corrected chi connectivity index (χ4v) is 3.71. The largest absolute Gasteiger partial charge is 1.00 e. The van der Waals surface area contributed by atoms with Crippen molar-refractivity contribution in [3.63, 3.8) is 0 Å². The molecule has 25 heavy (non-hydrogen) atoms. The predicted octanol–water partition coefficient (Wildman–Crippen LogP) is 1.00. The second-order valence-electron chi connectivity index (χ2n) is 7.24. The summed E-state index contributed by atoms with van der Waals surface area (Å²) < 4.78 is 12.9. The molecule has 1 aliphatic rings. The highest BCUT2D eigenvalue weighted by molar-refractivity contribution is 7.99. The Balaban J connectivity index is 0.00000225. The highest BCUT2D eigenvalue weighted by Crippen LogP contribution is 2.30. The van der Waals surface area contributed by atoms with Crippen LogP contribution in [0.25, 0.3) is 0 Å². The summed E-state index contributed by atoms with van der Waals surface area (Å²) in [5.41, 5.74) is 1.19. The Morgan fingerprint density at radius 1 is 0.920 bits per heavy atom. The summed E-state index contributed by atoms with van der Waals surface area (Å²) >= 11 is 1.78. The Morgan fingerprint density at radius 3 is 2.20 bits per heavy atom. The van der Waals surface area contributed by atoms with Crippen LogP contribution >= 0.6 is 11.8 Å². The van der Waals surface area contributed by atoms with Crippen molar-refractivity contribution in [1.29, 1.82) is 0 Å². The van der Waals surface area contributed by atoms with Gasteiger partial charge in [-0.1, -0.05) is 42.1 Å². The molecular weight excluding hydrogens is 445 g/mol. The number of benzene rings is 2.